The molecule has 2 aromatic carbocycles. The number of hydrogen-bond acceptors (Lipinski definition) is 5. The molecule has 35 heavy (non-hydrogen) atoms. The maximum atomic E-state index is 13.5. The summed E-state index contributed by atoms with van der Waals surface area (Å²) >= 11 is 0. The summed E-state index contributed by atoms with van der Waals surface area (Å²) in [6, 6.07) is 20.3. The quantitative estimate of drug-likeness (QED) is 0.426. The van der Waals surface area contributed by atoms with Crippen LogP contribution in [0, 0.1) is 0 Å². The van der Waals surface area contributed by atoms with Gasteiger partial charge in [0.15, 0.2) is 5.65 Å². The van der Waals surface area contributed by atoms with Crippen LogP contribution in [0.25, 0.3) is 22.3 Å². The fourth-order valence-electron chi connectivity index (χ4n) is 4.68. The van der Waals surface area contributed by atoms with Crippen LogP contribution in [0.15, 0.2) is 66.9 Å². The maximum Gasteiger partial charge on any atom is 0.252 e. The number of pyridine rings is 1. The number of ether oxygens (including phenoxy) is 1. The molecule has 0 aliphatic carbocycles. The highest BCUT2D eigenvalue weighted by Gasteiger charge is 2.24. The van der Waals surface area contributed by atoms with Crippen molar-refractivity contribution in [3.05, 3.63) is 72.4 Å². The molecule has 0 unspecified atom stereocenters. The molecule has 7 heteroatoms. The number of methoxy groups -OCH3 is 1. The summed E-state index contributed by atoms with van der Waals surface area (Å²) in [4.78, 5) is 20.7. The van der Waals surface area contributed by atoms with Crippen molar-refractivity contribution in [2.45, 2.75) is 38.8 Å². The molecule has 1 N–H and O–H groups in total. The van der Waals surface area contributed by atoms with Crippen molar-refractivity contribution >= 4 is 22.6 Å². The van der Waals surface area contributed by atoms with Crippen molar-refractivity contribution in [1.82, 2.24) is 20.1 Å². The molecule has 0 saturated carbocycles. The van der Waals surface area contributed by atoms with Crippen molar-refractivity contribution in [2.24, 2.45) is 0 Å². The van der Waals surface area contributed by atoms with Crippen molar-refractivity contribution in [2.75, 3.05) is 25.1 Å². The standard InChI is InChI=1S/C28H31N5O2/c1-19(2)33-27-25(18-29-33)24(17-26(31-27)20-7-5-4-6-8-20)28(34)30-21-13-15-32(16-14-21)22-9-11-23(35-3)12-10-22/h4-12,17-19,21H,13-16H2,1-3H3,(H,30,34). The molecule has 1 amide bonds. The molecule has 0 atom stereocenters. The number of amides is 1. The van der Waals surface area contributed by atoms with Gasteiger partial charge in [-0.25, -0.2) is 9.67 Å². The van der Waals surface area contributed by atoms with Crippen molar-refractivity contribution in [3.8, 4) is 17.0 Å². The topological polar surface area (TPSA) is 72.3 Å². The SMILES string of the molecule is COc1ccc(N2CCC(NC(=O)c3cc(-c4ccccc4)nc4c3cnn4C(C)C)CC2)cc1. The molecule has 0 bridgehead atoms. The zero-order chi connectivity index (χ0) is 24.4. The van der Waals surface area contributed by atoms with Crippen LogP contribution in [0.2, 0.25) is 0 Å². The van der Waals surface area contributed by atoms with Crippen LogP contribution >= 0.6 is 0 Å². The van der Waals surface area contributed by atoms with Crippen LogP contribution in [0.1, 0.15) is 43.1 Å². The number of carbonyl (C=O) groups is 1. The predicted octanol–water partition coefficient (Wildman–Crippen LogP) is 5.09. The molecule has 0 radical (unpaired) electrons. The fraction of sp³-hybridized carbons (Fsp3) is 0.321. The molecule has 2 aromatic heterocycles. The van der Waals surface area contributed by atoms with Gasteiger partial charge in [-0.3, -0.25) is 4.79 Å². The van der Waals surface area contributed by atoms with E-state index >= 15 is 0 Å². The van der Waals surface area contributed by atoms with Crippen LogP contribution < -0.4 is 15.0 Å². The van der Waals surface area contributed by atoms with Crippen LogP contribution in [0.4, 0.5) is 5.69 Å². The van der Waals surface area contributed by atoms with Crippen LogP contribution in [0.5, 0.6) is 5.75 Å². The molecule has 0 spiro atoms. The van der Waals surface area contributed by atoms with E-state index in [-0.39, 0.29) is 18.0 Å². The number of piperidine rings is 1. The number of hydrogen-bond donors (Lipinski definition) is 1. The molecule has 5 rings (SSSR count). The van der Waals surface area contributed by atoms with Crippen molar-refractivity contribution in [1.29, 1.82) is 0 Å². The number of carbonyl (C=O) groups excluding carboxylic acids is 1. The summed E-state index contributed by atoms with van der Waals surface area (Å²) in [6.45, 7) is 5.92. The van der Waals surface area contributed by atoms with Crippen LogP contribution in [-0.4, -0.2) is 46.9 Å². The Morgan fingerprint density at radius 1 is 1.06 bits per heavy atom. The summed E-state index contributed by atoms with van der Waals surface area (Å²) in [5.41, 5.74) is 4.30. The molecule has 1 fully saturated rings. The minimum absolute atomic E-state index is 0.0687. The van der Waals surface area contributed by atoms with Crippen molar-refractivity contribution < 1.29 is 9.53 Å². The van der Waals surface area contributed by atoms with E-state index in [1.165, 1.54) is 5.69 Å². The zero-order valence-corrected chi connectivity index (χ0v) is 20.4. The second-order valence-corrected chi connectivity index (χ2v) is 9.27. The van der Waals surface area contributed by atoms with E-state index < -0.39 is 0 Å². The molecule has 1 saturated heterocycles. The minimum Gasteiger partial charge on any atom is -0.497 e. The van der Waals surface area contributed by atoms with E-state index in [2.05, 4.69) is 41.3 Å². The first-order chi connectivity index (χ1) is 17.0. The first-order valence-corrected chi connectivity index (χ1v) is 12.2. The highest BCUT2D eigenvalue weighted by molar-refractivity contribution is 6.06. The molecule has 180 valence electrons. The predicted molar refractivity (Wildman–Crippen MR) is 139 cm³/mol. The van der Waals surface area contributed by atoms with Gasteiger partial charge in [0.05, 0.1) is 30.0 Å². The van der Waals surface area contributed by atoms with Gasteiger partial charge in [-0.1, -0.05) is 30.3 Å². The molecule has 1 aliphatic rings. The average molecular weight is 470 g/mol. The lowest BCUT2D eigenvalue weighted by Gasteiger charge is -2.34. The summed E-state index contributed by atoms with van der Waals surface area (Å²) in [6.07, 6.45) is 3.55. The molecular weight excluding hydrogens is 438 g/mol. The lowest BCUT2D eigenvalue weighted by atomic mass is 10.0. The van der Waals surface area contributed by atoms with E-state index in [4.69, 9.17) is 9.72 Å². The van der Waals surface area contributed by atoms with E-state index in [0.717, 1.165) is 54.0 Å². The van der Waals surface area contributed by atoms with E-state index in [1.54, 1.807) is 13.3 Å². The van der Waals surface area contributed by atoms with Gasteiger partial charge in [0, 0.05) is 36.4 Å². The number of fused-ring (bicyclic) bond motifs is 1. The number of rotatable bonds is 6. The fourth-order valence-corrected chi connectivity index (χ4v) is 4.68. The van der Waals surface area contributed by atoms with Crippen molar-refractivity contribution in [3.63, 3.8) is 0 Å². The Hall–Kier alpha value is -3.87. The van der Waals surface area contributed by atoms with Gasteiger partial charge < -0.3 is 15.0 Å². The van der Waals surface area contributed by atoms with E-state index in [9.17, 15) is 4.79 Å². The Morgan fingerprint density at radius 2 is 1.77 bits per heavy atom. The lowest BCUT2D eigenvalue weighted by molar-refractivity contribution is 0.0932. The molecule has 3 heterocycles. The number of benzene rings is 2. The molecular formula is C28H31N5O2. The normalized spacial score (nSPS) is 14.5. The molecule has 7 nitrogen and oxygen atoms in total. The Morgan fingerprint density at radius 3 is 2.43 bits per heavy atom. The number of nitrogens with one attached hydrogen (secondary N) is 1. The van der Waals surface area contributed by atoms with Crippen LogP contribution in [-0.2, 0) is 0 Å². The molecule has 4 aromatic rings. The van der Waals surface area contributed by atoms with E-state index in [1.807, 2.05) is 53.2 Å². The average Bonchev–Trinajstić information content (AvgIpc) is 3.33. The summed E-state index contributed by atoms with van der Waals surface area (Å²) in [5.74, 6) is 0.788. The highest BCUT2D eigenvalue weighted by atomic mass is 16.5. The first kappa shape index (κ1) is 22.9. The van der Waals surface area contributed by atoms with Gasteiger partial charge in [0.2, 0.25) is 0 Å². The van der Waals surface area contributed by atoms with Gasteiger partial charge >= 0.3 is 0 Å². The van der Waals surface area contributed by atoms with Gasteiger partial charge in [-0.15, -0.1) is 0 Å². The third-order valence-electron chi connectivity index (χ3n) is 6.64. The second-order valence-electron chi connectivity index (χ2n) is 9.27. The second kappa shape index (κ2) is 9.78. The summed E-state index contributed by atoms with van der Waals surface area (Å²) < 4.78 is 7.15. The Kier molecular flexibility index (Phi) is 6.40. The van der Waals surface area contributed by atoms with Crippen LogP contribution in [0.3, 0.4) is 0 Å². The largest absolute Gasteiger partial charge is 0.497 e. The number of nitrogens with zero attached hydrogens (tertiary/aromatic N) is 4. The Labute approximate surface area is 205 Å². The van der Waals surface area contributed by atoms with Gasteiger partial charge in [0.25, 0.3) is 5.91 Å². The summed E-state index contributed by atoms with van der Waals surface area (Å²) in [7, 11) is 1.68. The van der Waals surface area contributed by atoms with Gasteiger partial charge in [0.1, 0.15) is 5.75 Å². The molecule has 1 aliphatic heterocycles. The Bertz CT molecular complexity index is 1310. The minimum atomic E-state index is -0.0687. The maximum absolute atomic E-state index is 13.5. The highest BCUT2D eigenvalue weighted by Crippen LogP contribution is 2.27. The third kappa shape index (κ3) is 4.71. The van der Waals surface area contributed by atoms with Gasteiger partial charge in [-0.05, 0) is 57.0 Å². The number of anilines is 1. The van der Waals surface area contributed by atoms with E-state index in [0.29, 0.717) is 5.56 Å². The van der Waals surface area contributed by atoms with Gasteiger partial charge in [-0.2, -0.15) is 5.10 Å². The first-order valence-electron chi connectivity index (χ1n) is 12.2. The monoisotopic (exact) mass is 469 g/mol. The zero-order valence-electron chi connectivity index (χ0n) is 20.4. The number of aromatic nitrogens is 3. The smallest absolute Gasteiger partial charge is 0.252 e. The third-order valence-corrected chi connectivity index (χ3v) is 6.64. The Balaban J connectivity index is 1.36. The lowest BCUT2D eigenvalue weighted by Crippen LogP contribution is -2.44. The summed E-state index contributed by atoms with van der Waals surface area (Å²) in [5, 5.41) is 8.60.